The van der Waals surface area contributed by atoms with Gasteiger partial charge in [0.2, 0.25) is 0 Å². The van der Waals surface area contributed by atoms with Crippen molar-refractivity contribution in [3.05, 3.63) is 0 Å². The Kier molecular flexibility index (Phi) is 8.52. The van der Waals surface area contributed by atoms with Crippen molar-refractivity contribution in [2.75, 3.05) is 0 Å². The molecule has 17 unspecified atom stereocenters. The van der Waals surface area contributed by atoms with Gasteiger partial charge in [0, 0.05) is 17.1 Å². The van der Waals surface area contributed by atoms with Crippen molar-refractivity contribution in [2.45, 2.75) is 153 Å². The molecule has 4 saturated carbocycles. The molecule has 8 N–H and O–H groups in total. The summed E-state index contributed by atoms with van der Waals surface area (Å²) in [6, 6.07) is 0. The molecule has 17 atom stereocenters. The third-order valence-electron chi connectivity index (χ3n) is 14.2. The number of rotatable bonds is 0. The number of hydrogen-bond acceptors (Lipinski definition) is 8. The molecule has 9 aliphatic rings. The minimum absolute atomic E-state index is 0. The van der Waals surface area contributed by atoms with E-state index in [4.69, 9.17) is 0 Å². The molecule has 9 fully saturated rings. The summed E-state index contributed by atoms with van der Waals surface area (Å²) < 4.78 is 0. The Morgan fingerprint density at radius 2 is 0.571 bits per heavy atom. The summed E-state index contributed by atoms with van der Waals surface area (Å²) in [7, 11) is 0. The zero-order valence-corrected chi connectivity index (χ0v) is 26.7. The fourth-order valence-electron chi connectivity index (χ4n) is 12.4. The van der Waals surface area contributed by atoms with Crippen LogP contribution in [-0.2, 0) is 17.1 Å². The molecule has 42 heavy (non-hydrogen) atoms. The largest absolute Gasteiger partial charge is 0.286 e. The van der Waals surface area contributed by atoms with Gasteiger partial charge < -0.3 is 0 Å². The number of nitrogens with one attached hydrogen (secondary N) is 8. The molecule has 241 valence electrons. The standard InChI is InChI=1S/C33H58N8.Cu/c1-17-9-8-16-24-25(17)33-40-31-23-15-7-6-14-22(23)29(38-31)36-27-19-11-3-2-10-18(19)26(34-27)35-28-20-12-4-5-13-21(20)30(37-28)39-32(24)41-33;/h17-41H,2-16H2,1H3;. The summed E-state index contributed by atoms with van der Waals surface area (Å²) in [6.45, 7) is 2.54. The second kappa shape index (κ2) is 12.1. The molecular formula is C33H58CuN8. The molecule has 5 aliphatic heterocycles. The van der Waals surface area contributed by atoms with Crippen LogP contribution in [0, 0.1) is 53.3 Å². The molecule has 9 heteroatoms. The first-order valence-corrected chi connectivity index (χ1v) is 18.3. The fourth-order valence-corrected chi connectivity index (χ4v) is 12.4. The van der Waals surface area contributed by atoms with Crippen molar-refractivity contribution >= 4 is 0 Å². The van der Waals surface area contributed by atoms with Gasteiger partial charge in [-0.2, -0.15) is 0 Å². The van der Waals surface area contributed by atoms with Crippen LogP contribution in [0.15, 0.2) is 0 Å². The third-order valence-corrected chi connectivity index (χ3v) is 14.2. The molecule has 0 spiro atoms. The van der Waals surface area contributed by atoms with Gasteiger partial charge in [0.1, 0.15) is 0 Å². The average molecular weight is 630 g/mol. The molecule has 8 nitrogen and oxygen atoms in total. The number of hydrogen-bond donors (Lipinski definition) is 8. The first-order chi connectivity index (χ1) is 20.2. The van der Waals surface area contributed by atoms with Gasteiger partial charge >= 0.3 is 0 Å². The van der Waals surface area contributed by atoms with E-state index < -0.39 is 0 Å². The maximum Gasteiger partial charge on any atom is 0.0631 e. The molecule has 0 aromatic heterocycles. The summed E-state index contributed by atoms with van der Waals surface area (Å²) >= 11 is 0. The first kappa shape index (κ1) is 29.6. The second-order valence-electron chi connectivity index (χ2n) is 16.1. The Morgan fingerprint density at radius 3 is 0.905 bits per heavy atom. The van der Waals surface area contributed by atoms with Crippen LogP contribution in [0.25, 0.3) is 0 Å². The van der Waals surface area contributed by atoms with E-state index >= 15 is 0 Å². The van der Waals surface area contributed by atoms with E-state index in [0.717, 1.165) is 47.3 Å². The van der Waals surface area contributed by atoms with Crippen molar-refractivity contribution in [3.8, 4) is 0 Å². The summed E-state index contributed by atoms with van der Waals surface area (Å²) in [4.78, 5) is 0. The van der Waals surface area contributed by atoms with Gasteiger partial charge in [-0.15, -0.1) is 0 Å². The van der Waals surface area contributed by atoms with E-state index in [-0.39, 0.29) is 17.1 Å². The van der Waals surface area contributed by atoms with Crippen molar-refractivity contribution in [1.29, 1.82) is 0 Å². The van der Waals surface area contributed by atoms with Gasteiger partial charge in [-0.25, -0.2) is 0 Å². The quantitative estimate of drug-likeness (QED) is 0.194. The van der Waals surface area contributed by atoms with Crippen molar-refractivity contribution in [3.63, 3.8) is 0 Å². The maximum absolute atomic E-state index is 4.29. The van der Waals surface area contributed by atoms with Crippen LogP contribution in [0.1, 0.15) is 103 Å². The second-order valence-corrected chi connectivity index (χ2v) is 16.1. The zero-order chi connectivity index (χ0) is 27.1. The molecule has 9 rings (SSSR count). The molecule has 0 amide bonds. The van der Waals surface area contributed by atoms with Crippen molar-refractivity contribution < 1.29 is 17.1 Å². The van der Waals surface area contributed by atoms with Crippen LogP contribution >= 0.6 is 0 Å². The van der Waals surface area contributed by atoms with Crippen LogP contribution in [0.5, 0.6) is 0 Å². The third kappa shape index (κ3) is 5.00. The molecule has 4 aliphatic carbocycles. The zero-order valence-electron chi connectivity index (χ0n) is 25.7. The van der Waals surface area contributed by atoms with E-state index in [1.165, 1.54) is 96.3 Å². The molecule has 1 radical (unpaired) electrons. The fraction of sp³-hybridized carbons (Fsp3) is 1.00. The predicted molar refractivity (Wildman–Crippen MR) is 162 cm³/mol. The first-order valence-electron chi connectivity index (χ1n) is 18.3. The van der Waals surface area contributed by atoms with E-state index in [1.807, 2.05) is 0 Å². The Hall–Kier alpha value is 0.199. The average Bonchev–Trinajstić information content (AvgIpc) is 3.73. The molecule has 5 saturated heterocycles. The SMILES string of the molecule is CC1CCCC2C3NC4NC(NC5NC(NC6NC(NC(N3)C12)C1CCCCC61)C1CCCCC51)C1CCCCC41.[Cu]. The van der Waals surface area contributed by atoms with Crippen LogP contribution in [-0.4, -0.2) is 49.3 Å². The topological polar surface area (TPSA) is 96.2 Å². The Balaban J connectivity index is 0.00000267. The molecule has 0 aromatic rings. The van der Waals surface area contributed by atoms with Crippen LogP contribution in [0.4, 0.5) is 0 Å². The van der Waals surface area contributed by atoms with Gasteiger partial charge in [0.25, 0.3) is 0 Å². The molecular weight excluding hydrogens is 572 g/mol. The van der Waals surface area contributed by atoms with Crippen LogP contribution in [0.3, 0.4) is 0 Å². The Labute approximate surface area is 264 Å². The summed E-state index contributed by atoms with van der Waals surface area (Å²) in [5.41, 5.74) is 0. The van der Waals surface area contributed by atoms with E-state index in [1.54, 1.807) is 0 Å². The van der Waals surface area contributed by atoms with Crippen LogP contribution in [0.2, 0.25) is 0 Å². The van der Waals surface area contributed by atoms with Gasteiger partial charge in [0.05, 0.1) is 49.3 Å². The van der Waals surface area contributed by atoms with Gasteiger partial charge in [0.15, 0.2) is 0 Å². The summed E-state index contributed by atoms with van der Waals surface area (Å²) in [5, 5.41) is 33.9. The minimum Gasteiger partial charge on any atom is -0.286 e. The maximum atomic E-state index is 4.29. The minimum atomic E-state index is 0. The summed E-state index contributed by atoms with van der Waals surface area (Å²) in [6.07, 6.45) is 24.0. The summed E-state index contributed by atoms with van der Waals surface area (Å²) in [5.74, 6) is 6.66. The smallest absolute Gasteiger partial charge is 0.0631 e. The monoisotopic (exact) mass is 629 g/mol. The molecule has 8 bridgehead atoms. The van der Waals surface area contributed by atoms with Crippen molar-refractivity contribution in [1.82, 2.24) is 42.5 Å². The van der Waals surface area contributed by atoms with Gasteiger partial charge in [-0.1, -0.05) is 58.3 Å². The van der Waals surface area contributed by atoms with E-state index in [0.29, 0.717) is 55.2 Å². The normalized spacial score (nSPS) is 56.9. The van der Waals surface area contributed by atoms with Crippen LogP contribution < -0.4 is 42.5 Å². The number of fused-ring (bicyclic) bond motifs is 20. The van der Waals surface area contributed by atoms with E-state index in [9.17, 15) is 0 Å². The van der Waals surface area contributed by atoms with Gasteiger partial charge in [-0.3, -0.25) is 42.5 Å². The molecule has 0 aromatic carbocycles. The predicted octanol–water partition coefficient (Wildman–Crippen LogP) is 2.85. The Morgan fingerprint density at radius 1 is 0.310 bits per heavy atom. The van der Waals surface area contributed by atoms with Gasteiger partial charge in [-0.05, 0) is 98.2 Å². The Bertz CT molecular complexity index is 953. The van der Waals surface area contributed by atoms with Crippen molar-refractivity contribution in [2.24, 2.45) is 53.3 Å². The molecule has 5 heterocycles. The van der Waals surface area contributed by atoms with E-state index in [2.05, 4.69) is 49.5 Å².